The zero-order valence-corrected chi connectivity index (χ0v) is 12.0. The van der Waals surface area contributed by atoms with E-state index in [1.165, 1.54) is 5.56 Å². The van der Waals surface area contributed by atoms with Gasteiger partial charge in [0.05, 0.1) is 7.11 Å². The smallest absolute Gasteiger partial charge is 0.227 e. The van der Waals surface area contributed by atoms with Crippen LogP contribution in [0.5, 0.6) is 5.75 Å². The molecule has 1 amide bonds. The normalized spacial score (nSPS) is 21.6. The average molecular weight is 274 g/mol. The van der Waals surface area contributed by atoms with E-state index in [0.717, 1.165) is 50.3 Å². The van der Waals surface area contributed by atoms with E-state index >= 15 is 0 Å². The van der Waals surface area contributed by atoms with Crippen molar-refractivity contribution in [3.8, 4) is 5.75 Å². The van der Waals surface area contributed by atoms with E-state index in [1.54, 1.807) is 7.11 Å². The molecule has 1 fully saturated rings. The second kappa shape index (κ2) is 5.83. The monoisotopic (exact) mass is 274 g/mol. The van der Waals surface area contributed by atoms with E-state index in [2.05, 4.69) is 11.4 Å². The van der Waals surface area contributed by atoms with Gasteiger partial charge in [0.2, 0.25) is 5.91 Å². The van der Waals surface area contributed by atoms with E-state index < -0.39 is 0 Å². The predicted octanol–water partition coefficient (Wildman–Crippen LogP) is 1.97. The van der Waals surface area contributed by atoms with Gasteiger partial charge < -0.3 is 15.0 Å². The van der Waals surface area contributed by atoms with Gasteiger partial charge in [-0.1, -0.05) is 0 Å². The third kappa shape index (κ3) is 2.66. The highest BCUT2D eigenvalue weighted by Gasteiger charge is 2.26. The molecule has 0 bridgehead atoms. The summed E-state index contributed by atoms with van der Waals surface area (Å²) in [6, 6.07) is 6.03. The van der Waals surface area contributed by atoms with Crippen LogP contribution in [0.1, 0.15) is 24.8 Å². The maximum Gasteiger partial charge on any atom is 0.227 e. The SMILES string of the molecule is COc1ccc2c(c1)CCCN2C(=O)CC1CCNC1. The maximum absolute atomic E-state index is 12.5. The number of anilines is 1. The van der Waals surface area contributed by atoms with Crippen LogP contribution in [-0.2, 0) is 11.2 Å². The summed E-state index contributed by atoms with van der Waals surface area (Å²) in [4.78, 5) is 14.5. The lowest BCUT2D eigenvalue weighted by Crippen LogP contribution is -2.36. The Morgan fingerprint density at radius 2 is 2.40 bits per heavy atom. The molecule has 0 spiro atoms. The number of benzene rings is 1. The Bertz CT molecular complexity index is 495. The standard InChI is InChI=1S/C16H22N2O2/c1-20-14-4-5-15-13(10-14)3-2-8-18(15)16(19)9-12-6-7-17-11-12/h4-5,10,12,17H,2-3,6-9,11H2,1H3. The summed E-state index contributed by atoms with van der Waals surface area (Å²) in [7, 11) is 1.68. The van der Waals surface area contributed by atoms with Gasteiger partial charge in [0.1, 0.15) is 5.75 Å². The molecule has 0 aromatic heterocycles. The first-order valence-electron chi connectivity index (χ1n) is 7.46. The van der Waals surface area contributed by atoms with Crippen molar-refractivity contribution in [3.63, 3.8) is 0 Å². The minimum absolute atomic E-state index is 0.268. The molecule has 0 saturated carbocycles. The fraction of sp³-hybridized carbons (Fsp3) is 0.562. The molecule has 0 aliphatic carbocycles. The van der Waals surface area contributed by atoms with Gasteiger partial charge in [-0.15, -0.1) is 0 Å². The lowest BCUT2D eigenvalue weighted by atomic mass is 9.99. The predicted molar refractivity (Wildman–Crippen MR) is 79.3 cm³/mol. The third-order valence-electron chi connectivity index (χ3n) is 4.33. The van der Waals surface area contributed by atoms with Crippen molar-refractivity contribution < 1.29 is 9.53 Å². The molecule has 0 radical (unpaired) electrons. The molecule has 4 nitrogen and oxygen atoms in total. The van der Waals surface area contributed by atoms with E-state index in [9.17, 15) is 4.79 Å². The summed E-state index contributed by atoms with van der Waals surface area (Å²) in [5, 5.41) is 3.33. The number of fused-ring (bicyclic) bond motifs is 1. The highest BCUT2D eigenvalue weighted by molar-refractivity contribution is 5.94. The van der Waals surface area contributed by atoms with Crippen molar-refractivity contribution in [2.24, 2.45) is 5.92 Å². The minimum atomic E-state index is 0.268. The number of nitrogens with zero attached hydrogens (tertiary/aromatic N) is 1. The molecule has 20 heavy (non-hydrogen) atoms. The summed E-state index contributed by atoms with van der Waals surface area (Å²) in [6.45, 7) is 2.87. The third-order valence-corrected chi connectivity index (χ3v) is 4.33. The molecule has 1 atom stereocenters. The molecular formula is C16H22N2O2. The second-order valence-electron chi connectivity index (χ2n) is 5.71. The first-order valence-corrected chi connectivity index (χ1v) is 7.46. The van der Waals surface area contributed by atoms with Gasteiger partial charge in [-0.05, 0) is 62.0 Å². The molecule has 4 heteroatoms. The number of amides is 1. The number of aryl methyl sites for hydroxylation is 1. The van der Waals surface area contributed by atoms with Crippen LogP contribution in [0.4, 0.5) is 5.69 Å². The van der Waals surface area contributed by atoms with Gasteiger partial charge in [-0.2, -0.15) is 0 Å². The Kier molecular flexibility index (Phi) is 3.92. The van der Waals surface area contributed by atoms with Crippen LogP contribution in [0.2, 0.25) is 0 Å². The first-order chi connectivity index (χ1) is 9.78. The summed E-state index contributed by atoms with van der Waals surface area (Å²) in [6.07, 6.45) is 3.85. The zero-order chi connectivity index (χ0) is 13.9. The number of hydrogen-bond donors (Lipinski definition) is 1. The number of carbonyl (C=O) groups excluding carboxylic acids is 1. The van der Waals surface area contributed by atoms with Crippen molar-refractivity contribution in [1.29, 1.82) is 0 Å². The largest absolute Gasteiger partial charge is 0.497 e. The van der Waals surface area contributed by atoms with E-state index in [-0.39, 0.29) is 5.91 Å². The Hall–Kier alpha value is -1.55. The molecule has 108 valence electrons. The first kappa shape index (κ1) is 13.4. The van der Waals surface area contributed by atoms with Crippen molar-refractivity contribution in [2.45, 2.75) is 25.7 Å². The quantitative estimate of drug-likeness (QED) is 0.916. The Morgan fingerprint density at radius 3 is 3.15 bits per heavy atom. The number of carbonyl (C=O) groups is 1. The molecule has 2 heterocycles. The fourth-order valence-corrected chi connectivity index (χ4v) is 3.21. The lowest BCUT2D eigenvalue weighted by Gasteiger charge is -2.30. The second-order valence-corrected chi connectivity index (χ2v) is 5.71. The molecule has 1 saturated heterocycles. The van der Waals surface area contributed by atoms with Crippen LogP contribution in [0.3, 0.4) is 0 Å². The van der Waals surface area contributed by atoms with E-state index in [4.69, 9.17) is 4.74 Å². The van der Waals surface area contributed by atoms with Gasteiger partial charge >= 0.3 is 0 Å². The molecule has 1 aromatic rings. The van der Waals surface area contributed by atoms with Crippen molar-refractivity contribution in [2.75, 3.05) is 31.6 Å². The van der Waals surface area contributed by atoms with Crippen LogP contribution < -0.4 is 15.0 Å². The molecule has 2 aliphatic rings. The molecule has 1 aromatic carbocycles. The zero-order valence-electron chi connectivity index (χ0n) is 12.0. The Morgan fingerprint density at radius 1 is 1.50 bits per heavy atom. The Balaban J connectivity index is 1.76. The Labute approximate surface area is 120 Å². The van der Waals surface area contributed by atoms with E-state index in [1.807, 2.05) is 17.0 Å². The highest BCUT2D eigenvalue weighted by Crippen LogP contribution is 2.31. The molecular weight excluding hydrogens is 252 g/mol. The molecule has 1 unspecified atom stereocenters. The van der Waals surface area contributed by atoms with Crippen LogP contribution in [0.25, 0.3) is 0 Å². The average Bonchev–Trinajstić information content (AvgIpc) is 2.98. The van der Waals surface area contributed by atoms with E-state index in [0.29, 0.717) is 12.3 Å². The van der Waals surface area contributed by atoms with Crippen LogP contribution >= 0.6 is 0 Å². The summed E-state index contributed by atoms with van der Waals surface area (Å²) in [5.74, 6) is 1.65. The molecule has 2 aliphatic heterocycles. The minimum Gasteiger partial charge on any atom is -0.497 e. The van der Waals surface area contributed by atoms with Crippen LogP contribution in [-0.4, -0.2) is 32.7 Å². The number of nitrogens with one attached hydrogen (secondary N) is 1. The summed E-state index contributed by atoms with van der Waals surface area (Å²) < 4.78 is 5.27. The summed E-state index contributed by atoms with van der Waals surface area (Å²) >= 11 is 0. The lowest BCUT2D eigenvalue weighted by molar-refractivity contribution is -0.119. The van der Waals surface area contributed by atoms with Gasteiger partial charge in [0.25, 0.3) is 0 Å². The highest BCUT2D eigenvalue weighted by atomic mass is 16.5. The molecule has 3 rings (SSSR count). The van der Waals surface area contributed by atoms with Crippen LogP contribution in [0.15, 0.2) is 18.2 Å². The van der Waals surface area contributed by atoms with Crippen LogP contribution in [0, 0.1) is 5.92 Å². The number of hydrogen-bond acceptors (Lipinski definition) is 3. The fourth-order valence-electron chi connectivity index (χ4n) is 3.21. The van der Waals surface area contributed by atoms with Gasteiger partial charge in [-0.3, -0.25) is 4.79 Å². The van der Waals surface area contributed by atoms with Gasteiger partial charge in [-0.25, -0.2) is 0 Å². The van der Waals surface area contributed by atoms with Crippen molar-refractivity contribution in [3.05, 3.63) is 23.8 Å². The summed E-state index contributed by atoms with van der Waals surface area (Å²) in [5.41, 5.74) is 2.31. The number of ether oxygens (including phenoxy) is 1. The van der Waals surface area contributed by atoms with Crippen molar-refractivity contribution >= 4 is 11.6 Å². The topological polar surface area (TPSA) is 41.6 Å². The van der Waals surface area contributed by atoms with Crippen molar-refractivity contribution in [1.82, 2.24) is 5.32 Å². The molecule has 1 N–H and O–H groups in total. The number of rotatable bonds is 3. The van der Waals surface area contributed by atoms with Gasteiger partial charge in [0.15, 0.2) is 0 Å². The van der Waals surface area contributed by atoms with Gasteiger partial charge in [0, 0.05) is 18.7 Å². The maximum atomic E-state index is 12.5. The number of methoxy groups -OCH3 is 1.